The van der Waals surface area contributed by atoms with Crippen LogP contribution in [0.15, 0.2) is 48.5 Å². The Morgan fingerprint density at radius 3 is 2.46 bits per heavy atom. The van der Waals surface area contributed by atoms with Crippen LogP contribution < -0.4 is 10.1 Å². The smallest absolute Gasteiger partial charge is 0.340 e. The fraction of sp³-hybridized carbons (Fsp3) is 0.333. The first-order chi connectivity index (χ1) is 12.3. The van der Waals surface area contributed by atoms with Crippen LogP contribution in [-0.4, -0.2) is 25.1 Å². The minimum atomic E-state index is -0.470. The second kappa shape index (κ2) is 8.52. The lowest BCUT2D eigenvalue weighted by atomic mass is 9.87. The predicted molar refractivity (Wildman–Crippen MR) is 102 cm³/mol. The zero-order chi connectivity index (χ0) is 19.2. The summed E-state index contributed by atoms with van der Waals surface area (Å²) < 4.78 is 10.6. The van der Waals surface area contributed by atoms with Gasteiger partial charge >= 0.3 is 5.97 Å². The molecular formula is C21H25NO4. The number of hydrogen-bond donors (Lipinski definition) is 1. The van der Waals surface area contributed by atoms with Crippen molar-refractivity contribution in [3.8, 4) is 5.75 Å². The molecule has 2 rings (SSSR count). The van der Waals surface area contributed by atoms with E-state index < -0.39 is 5.97 Å². The van der Waals surface area contributed by atoms with E-state index >= 15 is 0 Å². The third-order valence-electron chi connectivity index (χ3n) is 3.77. The van der Waals surface area contributed by atoms with E-state index in [1.165, 1.54) is 0 Å². The summed E-state index contributed by atoms with van der Waals surface area (Å²) in [5, 5.41) is 2.70. The minimum Gasteiger partial charge on any atom is -0.484 e. The molecular weight excluding hydrogens is 330 g/mol. The van der Waals surface area contributed by atoms with Gasteiger partial charge in [-0.2, -0.15) is 0 Å². The van der Waals surface area contributed by atoms with Crippen LogP contribution in [0.25, 0.3) is 0 Å². The van der Waals surface area contributed by atoms with Gasteiger partial charge in [0, 0.05) is 0 Å². The number of ether oxygens (including phenoxy) is 2. The molecule has 26 heavy (non-hydrogen) atoms. The quantitative estimate of drug-likeness (QED) is 0.790. The number of esters is 1. The number of amides is 1. The molecule has 0 unspecified atom stereocenters. The molecule has 0 bridgehead atoms. The number of nitrogens with one attached hydrogen (secondary N) is 1. The number of hydrogen-bond acceptors (Lipinski definition) is 4. The minimum absolute atomic E-state index is 0.000207. The molecule has 0 heterocycles. The lowest BCUT2D eigenvalue weighted by Gasteiger charge is -2.19. The molecule has 0 radical (unpaired) electrons. The average molecular weight is 355 g/mol. The summed E-state index contributed by atoms with van der Waals surface area (Å²) >= 11 is 0. The van der Waals surface area contributed by atoms with Crippen molar-refractivity contribution in [2.24, 2.45) is 0 Å². The Bertz CT molecular complexity index is 778. The topological polar surface area (TPSA) is 64.6 Å². The monoisotopic (exact) mass is 355 g/mol. The van der Waals surface area contributed by atoms with Crippen LogP contribution in [0.4, 0.5) is 5.69 Å². The van der Waals surface area contributed by atoms with Gasteiger partial charge in [-0.1, -0.05) is 45.0 Å². The normalized spacial score (nSPS) is 10.9. The van der Waals surface area contributed by atoms with Crippen molar-refractivity contribution in [3.63, 3.8) is 0 Å². The van der Waals surface area contributed by atoms with Crippen molar-refractivity contribution in [2.75, 3.05) is 18.5 Å². The number of benzene rings is 2. The Labute approximate surface area is 154 Å². The number of rotatable bonds is 6. The van der Waals surface area contributed by atoms with Gasteiger partial charge in [-0.3, -0.25) is 4.79 Å². The highest BCUT2D eigenvalue weighted by Gasteiger charge is 2.16. The molecule has 0 aliphatic carbocycles. The third-order valence-corrected chi connectivity index (χ3v) is 3.77. The van der Waals surface area contributed by atoms with Crippen molar-refractivity contribution in [1.82, 2.24) is 0 Å². The van der Waals surface area contributed by atoms with Crippen molar-refractivity contribution >= 4 is 17.6 Å². The van der Waals surface area contributed by atoms with Crippen LogP contribution in [0, 0.1) is 0 Å². The Kier molecular flexibility index (Phi) is 6.39. The molecule has 0 aliphatic rings. The molecule has 5 nitrogen and oxygen atoms in total. The van der Waals surface area contributed by atoms with Crippen molar-refractivity contribution in [3.05, 3.63) is 59.7 Å². The van der Waals surface area contributed by atoms with Crippen LogP contribution in [-0.2, 0) is 14.9 Å². The van der Waals surface area contributed by atoms with Crippen molar-refractivity contribution in [2.45, 2.75) is 33.1 Å². The fourth-order valence-electron chi connectivity index (χ4n) is 2.37. The summed E-state index contributed by atoms with van der Waals surface area (Å²) in [7, 11) is 0. The zero-order valence-corrected chi connectivity index (χ0v) is 15.7. The Balaban J connectivity index is 2.01. The highest BCUT2D eigenvalue weighted by Crippen LogP contribution is 2.25. The summed E-state index contributed by atoms with van der Waals surface area (Å²) in [6.07, 6.45) is 0. The first kappa shape index (κ1) is 19.5. The molecule has 0 saturated heterocycles. The first-order valence-electron chi connectivity index (χ1n) is 8.60. The molecule has 0 saturated carbocycles. The van der Waals surface area contributed by atoms with E-state index in [1.54, 1.807) is 31.2 Å². The molecule has 0 spiro atoms. The number of carbonyl (C=O) groups is 2. The molecule has 1 N–H and O–H groups in total. The van der Waals surface area contributed by atoms with E-state index in [1.807, 2.05) is 24.3 Å². The van der Waals surface area contributed by atoms with Gasteiger partial charge < -0.3 is 14.8 Å². The molecule has 0 fully saturated rings. The zero-order valence-electron chi connectivity index (χ0n) is 15.7. The lowest BCUT2D eigenvalue weighted by molar-refractivity contribution is -0.118. The number of carbonyl (C=O) groups excluding carboxylic acids is 2. The van der Waals surface area contributed by atoms with E-state index in [-0.39, 0.29) is 24.5 Å². The molecule has 0 aromatic heterocycles. The van der Waals surface area contributed by atoms with Crippen LogP contribution in [0.1, 0.15) is 43.6 Å². The van der Waals surface area contributed by atoms with E-state index in [0.29, 0.717) is 17.0 Å². The highest BCUT2D eigenvalue weighted by molar-refractivity contribution is 6.01. The molecule has 5 heteroatoms. The van der Waals surface area contributed by atoms with Gasteiger partial charge in [-0.05, 0) is 42.2 Å². The maximum absolute atomic E-state index is 12.2. The molecule has 1 amide bonds. The van der Waals surface area contributed by atoms with Gasteiger partial charge in [0.25, 0.3) is 5.91 Å². The maximum atomic E-state index is 12.2. The van der Waals surface area contributed by atoms with Gasteiger partial charge in [0.15, 0.2) is 6.61 Å². The summed E-state index contributed by atoms with van der Waals surface area (Å²) in [5.41, 5.74) is 1.85. The summed E-state index contributed by atoms with van der Waals surface area (Å²) in [5.74, 6) is -0.184. The van der Waals surface area contributed by atoms with E-state index in [2.05, 4.69) is 26.1 Å². The summed E-state index contributed by atoms with van der Waals surface area (Å²) in [6, 6.07) is 14.4. The van der Waals surface area contributed by atoms with Crippen LogP contribution >= 0.6 is 0 Å². The van der Waals surface area contributed by atoms with Crippen molar-refractivity contribution < 1.29 is 19.1 Å². The SMILES string of the molecule is CCOC(=O)c1ccccc1NC(=O)COc1cccc(C(C)(C)C)c1. The van der Waals surface area contributed by atoms with Crippen molar-refractivity contribution in [1.29, 1.82) is 0 Å². The third kappa shape index (κ3) is 5.34. The maximum Gasteiger partial charge on any atom is 0.340 e. The van der Waals surface area contributed by atoms with Gasteiger partial charge in [-0.25, -0.2) is 4.79 Å². The summed E-state index contributed by atoms with van der Waals surface area (Å²) in [4.78, 5) is 24.2. The average Bonchev–Trinajstić information content (AvgIpc) is 2.60. The molecule has 2 aromatic rings. The van der Waals surface area contributed by atoms with E-state index in [0.717, 1.165) is 5.56 Å². The number of anilines is 1. The van der Waals surface area contributed by atoms with E-state index in [9.17, 15) is 9.59 Å². The summed E-state index contributed by atoms with van der Waals surface area (Å²) in [6.45, 7) is 8.21. The van der Waals surface area contributed by atoms with Gasteiger partial charge in [-0.15, -0.1) is 0 Å². The van der Waals surface area contributed by atoms with Crippen LogP contribution in [0.5, 0.6) is 5.75 Å². The predicted octanol–water partition coefficient (Wildman–Crippen LogP) is 4.18. The first-order valence-corrected chi connectivity index (χ1v) is 8.60. The standard InChI is InChI=1S/C21H25NO4/c1-5-25-20(24)17-11-6-7-12-18(17)22-19(23)14-26-16-10-8-9-15(13-16)21(2,3)4/h6-13H,5,14H2,1-4H3,(H,22,23). The molecule has 138 valence electrons. The van der Waals surface area contributed by atoms with E-state index in [4.69, 9.17) is 9.47 Å². The molecule has 0 aliphatic heterocycles. The van der Waals surface area contributed by atoms with Gasteiger partial charge in [0.05, 0.1) is 17.9 Å². The molecule has 2 aromatic carbocycles. The second-order valence-electron chi connectivity index (χ2n) is 6.88. The van der Waals surface area contributed by atoms with Gasteiger partial charge in [0.2, 0.25) is 0 Å². The number of para-hydroxylation sites is 1. The Morgan fingerprint density at radius 1 is 1.04 bits per heavy atom. The molecule has 0 atom stereocenters. The highest BCUT2D eigenvalue weighted by atomic mass is 16.5. The van der Waals surface area contributed by atoms with Crippen LogP contribution in [0.2, 0.25) is 0 Å². The largest absolute Gasteiger partial charge is 0.484 e. The fourth-order valence-corrected chi connectivity index (χ4v) is 2.37. The second-order valence-corrected chi connectivity index (χ2v) is 6.88. The Hall–Kier alpha value is -2.82. The van der Waals surface area contributed by atoms with Crippen LogP contribution in [0.3, 0.4) is 0 Å². The lowest BCUT2D eigenvalue weighted by Crippen LogP contribution is -2.22. The van der Waals surface area contributed by atoms with Gasteiger partial charge in [0.1, 0.15) is 5.75 Å². The Morgan fingerprint density at radius 2 is 1.77 bits per heavy atom.